The van der Waals surface area contributed by atoms with Crippen molar-refractivity contribution in [1.29, 1.82) is 0 Å². The molecule has 1 atom stereocenters. The highest BCUT2D eigenvalue weighted by Gasteiger charge is 2.35. The molecule has 1 aliphatic carbocycles. The van der Waals surface area contributed by atoms with Crippen LogP contribution in [0.15, 0.2) is 60.1 Å². The van der Waals surface area contributed by atoms with Gasteiger partial charge in [0.05, 0.1) is 20.1 Å². The van der Waals surface area contributed by atoms with Gasteiger partial charge in [-0.2, -0.15) is 0 Å². The monoisotopic (exact) mass is 479 g/mol. The Morgan fingerprint density at radius 3 is 2.59 bits per heavy atom. The lowest BCUT2D eigenvalue weighted by Crippen LogP contribution is -2.47. The Morgan fingerprint density at radius 1 is 1.12 bits per heavy atom. The fourth-order valence-corrected chi connectivity index (χ4v) is 5.42. The smallest absolute Gasteiger partial charge is 0.249 e. The van der Waals surface area contributed by atoms with Gasteiger partial charge in [0, 0.05) is 35.4 Å². The summed E-state index contributed by atoms with van der Waals surface area (Å²) in [5, 5.41) is 5.24. The zero-order valence-electron chi connectivity index (χ0n) is 19.9. The van der Waals surface area contributed by atoms with E-state index < -0.39 is 6.04 Å². The third kappa shape index (κ3) is 5.70. The first-order valence-corrected chi connectivity index (χ1v) is 12.8. The van der Waals surface area contributed by atoms with Crippen LogP contribution in [0.25, 0.3) is 0 Å². The SMILES string of the molecule is COc1ccccc1CN(C(=O)Cc1cccs1)C(C(=O)NC1CCCCC1)c1cccn1C. The summed E-state index contributed by atoms with van der Waals surface area (Å²) in [5.74, 6) is 0.497. The standard InChI is InChI=1S/C27H33N3O3S/c1-29-16-8-14-23(29)26(27(32)28-21-11-4-3-5-12-21)30(25(31)18-22-13-9-17-34-22)19-20-10-6-7-15-24(20)33-2/h6-10,13-17,21,26H,3-5,11-12,18-19H2,1-2H3,(H,28,32). The minimum Gasteiger partial charge on any atom is -0.496 e. The predicted octanol–water partition coefficient (Wildman–Crippen LogP) is 4.86. The van der Waals surface area contributed by atoms with Crippen molar-refractivity contribution >= 4 is 23.2 Å². The van der Waals surface area contributed by atoms with E-state index in [0.29, 0.717) is 5.75 Å². The maximum Gasteiger partial charge on any atom is 0.249 e. The second-order valence-corrected chi connectivity index (χ2v) is 9.91. The third-order valence-corrected chi connectivity index (χ3v) is 7.41. The molecule has 1 N–H and O–H groups in total. The van der Waals surface area contributed by atoms with Crippen molar-refractivity contribution < 1.29 is 14.3 Å². The number of aryl methyl sites for hydroxylation is 1. The molecule has 2 heterocycles. The molecule has 7 heteroatoms. The highest BCUT2D eigenvalue weighted by Crippen LogP contribution is 2.29. The number of aromatic nitrogens is 1. The van der Waals surface area contributed by atoms with Crippen LogP contribution in [0.1, 0.15) is 54.3 Å². The molecule has 6 nitrogen and oxygen atoms in total. The molecule has 0 radical (unpaired) electrons. The molecule has 0 bridgehead atoms. The highest BCUT2D eigenvalue weighted by atomic mass is 32.1. The number of amides is 2. The molecule has 1 aromatic carbocycles. The molecule has 1 unspecified atom stereocenters. The largest absolute Gasteiger partial charge is 0.496 e. The van der Waals surface area contributed by atoms with Gasteiger partial charge in [0.25, 0.3) is 0 Å². The van der Waals surface area contributed by atoms with Crippen LogP contribution >= 0.6 is 11.3 Å². The van der Waals surface area contributed by atoms with E-state index in [1.165, 1.54) is 6.42 Å². The van der Waals surface area contributed by atoms with Crippen LogP contribution in [0.3, 0.4) is 0 Å². The number of rotatable bonds is 9. The van der Waals surface area contributed by atoms with Gasteiger partial charge in [-0.3, -0.25) is 9.59 Å². The van der Waals surface area contributed by atoms with E-state index in [-0.39, 0.29) is 30.8 Å². The quantitative estimate of drug-likeness (QED) is 0.477. The number of benzene rings is 1. The summed E-state index contributed by atoms with van der Waals surface area (Å²) in [6, 6.07) is 14.8. The third-order valence-electron chi connectivity index (χ3n) is 6.53. The number of nitrogens with zero attached hydrogens (tertiary/aromatic N) is 2. The van der Waals surface area contributed by atoms with Gasteiger partial charge in [-0.25, -0.2) is 0 Å². The Kier molecular flexibility index (Phi) is 8.06. The van der Waals surface area contributed by atoms with Gasteiger partial charge < -0.3 is 19.5 Å². The maximum absolute atomic E-state index is 13.8. The van der Waals surface area contributed by atoms with Crippen LogP contribution in [-0.2, 0) is 29.6 Å². The summed E-state index contributed by atoms with van der Waals surface area (Å²) in [7, 11) is 3.54. The molecule has 0 aliphatic heterocycles. The number of ether oxygens (including phenoxy) is 1. The molecule has 2 aromatic heterocycles. The number of hydrogen-bond donors (Lipinski definition) is 1. The zero-order valence-corrected chi connectivity index (χ0v) is 20.7. The fraction of sp³-hybridized carbons (Fsp3) is 0.407. The Morgan fingerprint density at radius 2 is 1.91 bits per heavy atom. The van der Waals surface area contributed by atoms with Crippen molar-refractivity contribution in [3.8, 4) is 5.75 Å². The Bertz CT molecular complexity index is 1090. The number of carbonyl (C=O) groups is 2. The lowest BCUT2D eigenvalue weighted by Gasteiger charge is -2.34. The lowest BCUT2D eigenvalue weighted by molar-refractivity contribution is -0.141. The number of thiophene rings is 1. The van der Waals surface area contributed by atoms with E-state index in [0.717, 1.165) is 41.8 Å². The van der Waals surface area contributed by atoms with E-state index in [2.05, 4.69) is 5.32 Å². The molecule has 4 rings (SSSR count). The average Bonchev–Trinajstić information content (AvgIpc) is 3.51. The molecule has 2 amide bonds. The van der Waals surface area contributed by atoms with E-state index in [4.69, 9.17) is 4.74 Å². The summed E-state index contributed by atoms with van der Waals surface area (Å²) in [4.78, 5) is 30.3. The molecule has 1 aliphatic rings. The van der Waals surface area contributed by atoms with Gasteiger partial charge in [0.2, 0.25) is 11.8 Å². The van der Waals surface area contributed by atoms with Gasteiger partial charge in [-0.1, -0.05) is 43.5 Å². The average molecular weight is 480 g/mol. The van der Waals surface area contributed by atoms with Crippen molar-refractivity contribution in [3.63, 3.8) is 0 Å². The first-order valence-electron chi connectivity index (χ1n) is 11.9. The van der Waals surface area contributed by atoms with Crippen LogP contribution in [-0.4, -0.2) is 34.4 Å². The molecule has 34 heavy (non-hydrogen) atoms. The summed E-state index contributed by atoms with van der Waals surface area (Å²) >= 11 is 1.55. The van der Waals surface area contributed by atoms with E-state index >= 15 is 0 Å². The van der Waals surface area contributed by atoms with Crippen molar-refractivity contribution in [2.45, 2.75) is 57.2 Å². The fourth-order valence-electron chi connectivity index (χ4n) is 4.73. The van der Waals surface area contributed by atoms with Crippen LogP contribution < -0.4 is 10.1 Å². The summed E-state index contributed by atoms with van der Waals surface area (Å²) in [6.45, 7) is 0.280. The summed E-state index contributed by atoms with van der Waals surface area (Å²) in [5.41, 5.74) is 1.66. The topological polar surface area (TPSA) is 63.6 Å². The Labute approximate surface area is 205 Å². The first-order chi connectivity index (χ1) is 16.6. The van der Waals surface area contributed by atoms with Crippen LogP contribution in [0, 0.1) is 0 Å². The Balaban J connectivity index is 1.70. The van der Waals surface area contributed by atoms with Gasteiger partial charge in [-0.15, -0.1) is 11.3 Å². The normalized spacial score (nSPS) is 15.0. The molecular weight excluding hydrogens is 446 g/mol. The molecule has 1 fully saturated rings. The molecule has 3 aromatic rings. The minimum absolute atomic E-state index is 0.0849. The number of carbonyl (C=O) groups excluding carboxylic acids is 2. The van der Waals surface area contributed by atoms with Gasteiger partial charge >= 0.3 is 0 Å². The number of para-hydroxylation sites is 1. The highest BCUT2D eigenvalue weighted by molar-refractivity contribution is 7.10. The molecule has 0 spiro atoms. The lowest BCUT2D eigenvalue weighted by atomic mass is 9.95. The Hall–Kier alpha value is -3.06. The first kappa shape index (κ1) is 24.1. The molecule has 180 valence electrons. The summed E-state index contributed by atoms with van der Waals surface area (Å²) < 4.78 is 7.50. The van der Waals surface area contributed by atoms with E-state index in [9.17, 15) is 9.59 Å². The maximum atomic E-state index is 13.8. The van der Waals surface area contributed by atoms with E-state index in [1.54, 1.807) is 23.3 Å². The molecular formula is C27H33N3O3S. The van der Waals surface area contributed by atoms with E-state index in [1.807, 2.05) is 71.7 Å². The molecule has 0 saturated heterocycles. The van der Waals surface area contributed by atoms with Crippen molar-refractivity contribution in [1.82, 2.24) is 14.8 Å². The minimum atomic E-state index is -0.737. The van der Waals surface area contributed by atoms with Crippen LogP contribution in [0.4, 0.5) is 0 Å². The zero-order chi connectivity index (χ0) is 23.9. The molecule has 1 saturated carbocycles. The van der Waals surface area contributed by atoms with Crippen LogP contribution in [0.5, 0.6) is 5.75 Å². The van der Waals surface area contributed by atoms with Gasteiger partial charge in [0.1, 0.15) is 5.75 Å². The number of hydrogen-bond acceptors (Lipinski definition) is 4. The van der Waals surface area contributed by atoms with Crippen LogP contribution in [0.2, 0.25) is 0 Å². The van der Waals surface area contributed by atoms with Gasteiger partial charge in [-0.05, 0) is 42.5 Å². The number of nitrogens with one attached hydrogen (secondary N) is 1. The van der Waals surface area contributed by atoms with Crippen molar-refractivity contribution in [2.75, 3.05) is 7.11 Å². The van der Waals surface area contributed by atoms with Crippen molar-refractivity contribution in [2.24, 2.45) is 7.05 Å². The second kappa shape index (κ2) is 11.4. The van der Waals surface area contributed by atoms with Crippen molar-refractivity contribution in [3.05, 3.63) is 76.2 Å². The van der Waals surface area contributed by atoms with Gasteiger partial charge in [0.15, 0.2) is 6.04 Å². The number of methoxy groups -OCH3 is 1. The summed E-state index contributed by atoms with van der Waals surface area (Å²) in [6.07, 6.45) is 7.62. The second-order valence-electron chi connectivity index (χ2n) is 8.88. The predicted molar refractivity (Wildman–Crippen MR) is 135 cm³/mol.